The summed E-state index contributed by atoms with van der Waals surface area (Å²) >= 11 is 0. The molecule has 5 nitrogen and oxygen atoms in total. The largest absolute Gasteiger partial charge is 0.345 e. The Hall–Kier alpha value is -3.54. The maximum absolute atomic E-state index is 14.5. The highest BCUT2D eigenvalue weighted by atomic mass is 19.1. The third-order valence-corrected chi connectivity index (χ3v) is 6.56. The quantitative estimate of drug-likeness (QED) is 0.485. The number of hydrogen-bond donors (Lipinski definition) is 1. The molecule has 1 saturated carbocycles. The molecular formula is C26H23FN4O. The standard InChI is InChI=1S/C26H23FN4O/c27-21-9-3-4-11-24(21)31-25-20(15-28-31)19(14-23(29-25)17-12-13-17)26(32)30-22-10-5-7-16-6-1-2-8-18(16)22/h1-4,6,8-9,11,14-15,17,22H,5,7,10,12-13H2,(H,30,32). The number of hydrogen-bond acceptors (Lipinski definition) is 3. The van der Waals surface area contributed by atoms with E-state index in [0.717, 1.165) is 37.8 Å². The van der Waals surface area contributed by atoms with Gasteiger partial charge in [0.15, 0.2) is 5.65 Å². The fourth-order valence-electron chi connectivity index (χ4n) is 4.74. The molecule has 1 fully saturated rings. The molecule has 4 aromatic rings. The summed E-state index contributed by atoms with van der Waals surface area (Å²) in [7, 11) is 0. The average molecular weight is 426 g/mol. The van der Waals surface area contributed by atoms with E-state index in [0.29, 0.717) is 28.2 Å². The van der Waals surface area contributed by atoms with Crippen molar-refractivity contribution in [3.63, 3.8) is 0 Å². The summed E-state index contributed by atoms with van der Waals surface area (Å²) in [5, 5.41) is 8.30. The van der Waals surface area contributed by atoms with Crippen molar-refractivity contribution in [2.24, 2.45) is 0 Å². The van der Waals surface area contributed by atoms with Gasteiger partial charge in [0.25, 0.3) is 5.91 Å². The predicted octanol–water partition coefficient (Wildman–Crippen LogP) is 5.24. The molecular weight excluding hydrogens is 403 g/mol. The molecule has 0 bridgehead atoms. The van der Waals surface area contributed by atoms with Gasteiger partial charge in [-0.15, -0.1) is 0 Å². The van der Waals surface area contributed by atoms with E-state index in [-0.39, 0.29) is 17.8 Å². The van der Waals surface area contributed by atoms with Crippen molar-refractivity contribution in [1.82, 2.24) is 20.1 Å². The summed E-state index contributed by atoms with van der Waals surface area (Å²) in [6.45, 7) is 0. The summed E-state index contributed by atoms with van der Waals surface area (Å²) in [5.41, 5.74) is 4.79. The van der Waals surface area contributed by atoms with Gasteiger partial charge in [-0.1, -0.05) is 36.4 Å². The fourth-order valence-corrected chi connectivity index (χ4v) is 4.74. The van der Waals surface area contributed by atoms with Crippen LogP contribution in [0.25, 0.3) is 16.7 Å². The summed E-state index contributed by atoms with van der Waals surface area (Å²) in [6, 6.07) is 16.7. The van der Waals surface area contributed by atoms with Crippen LogP contribution in [0.4, 0.5) is 4.39 Å². The number of benzene rings is 2. The highest BCUT2D eigenvalue weighted by Crippen LogP contribution is 2.40. The van der Waals surface area contributed by atoms with Crippen molar-refractivity contribution in [3.8, 4) is 5.69 Å². The van der Waals surface area contributed by atoms with Crippen LogP contribution in [-0.2, 0) is 6.42 Å². The van der Waals surface area contributed by atoms with E-state index < -0.39 is 0 Å². The lowest BCUT2D eigenvalue weighted by molar-refractivity contribution is 0.0934. The van der Waals surface area contributed by atoms with Crippen LogP contribution in [0.1, 0.15) is 64.8 Å². The van der Waals surface area contributed by atoms with E-state index >= 15 is 0 Å². The Labute approximate surface area is 185 Å². The number of pyridine rings is 1. The van der Waals surface area contributed by atoms with E-state index in [4.69, 9.17) is 4.98 Å². The molecule has 2 heterocycles. The molecule has 0 radical (unpaired) electrons. The second-order valence-corrected chi connectivity index (χ2v) is 8.73. The van der Waals surface area contributed by atoms with E-state index in [1.54, 1.807) is 24.4 Å². The van der Waals surface area contributed by atoms with E-state index in [2.05, 4.69) is 28.6 Å². The lowest BCUT2D eigenvalue weighted by atomic mass is 9.87. The molecule has 1 atom stereocenters. The van der Waals surface area contributed by atoms with Gasteiger partial charge < -0.3 is 5.32 Å². The van der Waals surface area contributed by atoms with E-state index in [1.165, 1.54) is 21.9 Å². The van der Waals surface area contributed by atoms with Crippen molar-refractivity contribution in [2.45, 2.75) is 44.1 Å². The third kappa shape index (κ3) is 3.27. The number of nitrogens with zero attached hydrogens (tertiary/aromatic N) is 3. The summed E-state index contributed by atoms with van der Waals surface area (Å²) < 4.78 is 16.0. The Balaban J connectivity index is 1.43. The van der Waals surface area contributed by atoms with E-state index in [9.17, 15) is 9.18 Å². The highest BCUT2D eigenvalue weighted by Gasteiger charge is 2.29. The molecule has 2 aromatic heterocycles. The van der Waals surface area contributed by atoms with Gasteiger partial charge >= 0.3 is 0 Å². The zero-order valence-electron chi connectivity index (χ0n) is 17.6. The third-order valence-electron chi connectivity index (χ3n) is 6.56. The molecule has 0 spiro atoms. The predicted molar refractivity (Wildman–Crippen MR) is 120 cm³/mol. The smallest absolute Gasteiger partial charge is 0.252 e. The number of nitrogens with one attached hydrogen (secondary N) is 1. The molecule has 1 amide bonds. The number of para-hydroxylation sites is 1. The van der Waals surface area contributed by atoms with Gasteiger partial charge in [-0.25, -0.2) is 14.1 Å². The maximum Gasteiger partial charge on any atom is 0.252 e. The Morgan fingerprint density at radius 1 is 1.06 bits per heavy atom. The number of carbonyl (C=O) groups excluding carboxylic acids is 1. The molecule has 2 aromatic carbocycles. The molecule has 32 heavy (non-hydrogen) atoms. The Kier molecular flexibility index (Phi) is 4.52. The van der Waals surface area contributed by atoms with Gasteiger partial charge in [0.2, 0.25) is 0 Å². The topological polar surface area (TPSA) is 59.8 Å². The number of amides is 1. The first kappa shape index (κ1) is 19.2. The summed E-state index contributed by atoms with van der Waals surface area (Å²) in [6.07, 6.45) is 6.75. The van der Waals surface area contributed by atoms with Crippen LogP contribution in [-0.4, -0.2) is 20.7 Å². The van der Waals surface area contributed by atoms with Gasteiger partial charge in [-0.05, 0) is 61.4 Å². The zero-order chi connectivity index (χ0) is 21.7. The first-order valence-electron chi connectivity index (χ1n) is 11.2. The number of carbonyl (C=O) groups is 1. The van der Waals surface area contributed by atoms with Crippen molar-refractivity contribution in [2.75, 3.05) is 0 Å². The first-order chi connectivity index (χ1) is 15.7. The van der Waals surface area contributed by atoms with E-state index in [1.807, 2.05) is 12.1 Å². The van der Waals surface area contributed by atoms with Crippen molar-refractivity contribution < 1.29 is 9.18 Å². The van der Waals surface area contributed by atoms with Gasteiger partial charge in [-0.2, -0.15) is 5.10 Å². The van der Waals surface area contributed by atoms with Crippen molar-refractivity contribution in [3.05, 3.63) is 89.0 Å². The van der Waals surface area contributed by atoms with Crippen LogP contribution in [0, 0.1) is 5.82 Å². The molecule has 0 aliphatic heterocycles. The van der Waals surface area contributed by atoms with Crippen molar-refractivity contribution in [1.29, 1.82) is 0 Å². The Morgan fingerprint density at radius 2 is 1.88 bits per heavy atom. The normalized spacial score (nSPS) is 17.8. The second kappa shape index (κ2) is 7.55. The van der Waals surface area contributed by atoms with Crippen LogP contribution in [0.3, 0.4) is 0 Å². The number of fused-ring (bicyclic) bond motifs is 2. The minimum atomic E-state index is -0.374. The minimum absolute atomic E-state index is 0.0124. The molecule has 2 aliphatic rings. The van der Waals surface area contributed by atoms with Gasteiger partial charge in [0, 0.05) is 11.6 Å². The zero-order valence-corrected chi connectivity index (χ0v) is 17.6. The number of aromatic nitrogens is 3. The second-order valence-electron chi connectivity index (χ2n) is 8.73. The molecule has 1 unspecified atom stereocenters. The van der Waals surface area contributed by atoms with Crippen LogP contribution in [0.15, 0.2) is 60.8 Å². The van der Waals surface area contributed by atoms with Crippen LogP contribution in [0.5, 0.6) is 0 Å². The lowest BCUT2D eigenvalue weighted by Gasteiger charge is -2.26. The van der Waals surface area contributed by atoms with Crippen LogP contribution in [0.2, 0.25) is 0 Å². The highest BCUT2D eigenvalue weighted by molar-refractivity contribution is 6.06. The molecule has 0 saturated heterocycles. The maximum atomic E-state index is 14.5. The summed E-state index contributed by atoms with van der Waals surface area (Å²) in [5.74, 6) is -0.152. The van der Waals surface area contributed by atoms with Gasteiger partial charge in [0.1, 0.15) is 11.5 Å². The van der Waals surface area contributed by atoms with Crippen molar-refractivity contribution >= 4 is 16.9 Å². The number of halogens is 1. The average Bonchev–Trinajstić information content (AvgIpc) is 3.59. The Bertz CT molecular complexity index is 1340. The molecule has 2 aliphatic carbocycles. The minimum Gasteiger partial charge on any atom is -0.345 e. The SMILES string of the molecule is O=C(NC1CCCc2ccccc21)c1cc(C2CC2)nc2c1cnn2-c1ccccc1F. The number of rotatable bonds is 4. The molecule has 160 valence electrons. The van der Waals surface area contributed by atoms with Crippen LogP contribution >= 0.6 is 0 Å². The lowest BCUT2D eigenvalue weighted by Crippen LogP contribution is -2.31. The van der Waals surface area contributed by atoms with Gasteiger partial charge in [-0.3, -0.25) is 4.79 Å². The molecule has 6 heteroatoms. The monoisotopic (exact) mass is 426 g/mol. The number of aryl methyl sites for hydroxylation is 1. The molecule has 6 rings (SSSR count). The summed E-state index contributed by atoms with van der Waals surface area (Å²) in [4.78, 5) is 18.3. The van der Waals surface area contributed by atoms with Crippen LogP contribution < -0.4 is 5.32 Å². The fraction of sp³-hybridized carbons (Fsp3) is 0.269. The molecule has 1 N–H and O–H groups in total. The first-order valence-corrected chi connectivity index (χ1v) is 11.2. The van der Waals surface area contributed by atoms with Gasteiger partial charge in [0.05, 0.1) is 23.2 Å². The Morgan fingerprint density at radius 3 is 2.72 bits per heavy atom.